The second-order valence-corrected chi connectivity index (χ2v) is 5.78. The van der Waals surface area contributed by atoms with E-state index in [2.05, 4.69) is 0 Å². The fourth-order valence-electron chi connectivity index (χ4n) is 3.33. The molecule has 21 heavy (non-hydrogen) atoms. The Morgan fingerprint density at radius 3 is 2.43 bits per heavy atom. The molecule has 1 saturated carbocycles. The SMILES string of the molecule is CCOC1(C(N)c2ccc(OC)cc2F)CCCCCC1. The molecule has 0 radical (unpaired) electrons. The van der Waals surface area contributed by atoms with E-state index in [1.165, 1.54) is 26.0 Å². The molecule has 0 aliphatic heterocycles. The van der Waals surface area contributed by atoms with E-state index in [9.17, 15) is 4.39 Å². The summed E-state index contributed by atoms with van der Waals surface area (Å²) < 4.78 is 25.4. The summed E-state index contributed by atoms with van der Waals surface area (Å²) in [5.74, 6) is 0.194. The Kier molecular flexibility index (Phi) is 5.59. The van der Waals surface area contributed by atoms with Crippen molar-refractivity contribution in [3.05, 3.63) is 29.6 Å². The summed E-state index contributed by atoms with van der Waals surface area (Å²) in [5, 5.41) is 0. The molecule has 4 heteroatoms. The molecule has 2 rings (SSSR count). The number of rotatable bonds is 5. The maximum atomic E-state index is 14.3. The second kappa shape index (κ2) is 7.23. The van der Waals surface area contributed by atoms with Crippen molar-refractivity contribution >= 4 is 0 Å². The molecule has 1 unspecified atom stereocenters. The molecule has 0 bridgehead atoms. The summed E-state index contributed by atoms with van der Waals surface area (Å²) in [6.45, 7) is 2.58. The Balaban J connectivity index is 2.31. The molecule has 0 spiro atoms. The van der Waals surface area contributed by atoms with Gasteiger partial charge in [-0.3, -0.25) is 0 Å². The predicted molar refractivity (Wildman–Crippen MR) is 81.9 cm³/mol. The Morgan fingerprint density at radius 1 is 1.24 bits per heavy atom. The van der Waals surface area contributed by atoms with Gasteiger partial charge in [0.05, 0.1) is 18.8 Å². The van der Waals surface area contributed by atoms with Crippen LogP contribution >= 0.6 is 0 Å². The Labute approximate surface area is 126 Å². The lowest BCUT2D eigenvalue weighted by Gasteiger charge is -2.38. The summed E-state index contributed by atoms with van der Waals surface area (Å²) >= 11 is 0. The number of hydrogen-bond acceptors (Lipinski definition) is 3. The molecule has 1 aliphatic carbocycles. The van der Waals surface area contributed by atoms with Crippen molar-refractivity contribution in [2.24, 2.45) is 5.73 Å². The minimum atomic E-state index is -0.444. The van der Waals surface area contributed by atoms with E-state index in [4.69, 9.17) is 15.2 Å². The third-order valence-electron chi connectivity index (χ3n) is 4.49. The van der Waals surface area contributed by atoms with Crippen LogP contribution in [0.15, 0.2) is 18.2 Å². The molecule has 0 aromatic heterocycles. The average molecular weight is 295 g/mol. The predicted octanol–water partition coefficient (Wildman–Crippen LogP) is 3.96. The minimum absolute atomic E-state index is 0.315. The lowest BCUT2D eigenvalue weighted by Crippen LogP contribution is -2.44. The number of halogens is 1. The van der Waals surface area contributed by atoms with E-state index in [0.29, 0.717) is 17.9 Å². The molecule has 1 aliphatic rings. The highest BCUT2D eigenvalue weighted by Gasteiger charge is 2.39. The van der Waals surface area contributed by atoms with Crippen molar-refractivity contribution in [2.45, 2.75) is 57.1 Å². The summed E-state index contributed by atoms with van der Waals surface area (Å²) in [4.78, 5) is 0. The molecule has 0 heterocycles. The molecular weight excluding hydrogens is 269 g/mol. The van der Waals surface area contributed by atoms with Gasteiger partial charge in [-0.25, -0.2) is 4.39 Å². The fraction of sp³-hybridized carbons (Fsp3) is 0.647. The zero-order chi connectivity index (χ0) is 15.3. The van der Waals surface area contributed by atoms with Crippen LogP contribution in [0.25, 0.3) is 0 Å². The third kappa shape index (κ3) is 3.55. The molecule has 0 amide bonds. The lowest BCUT2D eigenvalue weighted by atomic mass is 9.82. The van der Waals surface area contributed by atoms with E-state index in [-0.39, 0.29) is 5.82 Å². The third-order valence-corrected chi connectivity index (χ3v) is 4.49. The Morgan fingerprint density at radius 2 is 1.90 bits per heavy atom. The van der Waals surface area contributed by atoms with Gasteiger partial charge >= 0.3 is 0 Å². The van der Waals surface area contributed by atoms with Crippen LogP contribution in [-0.4, -0.2) is 19.3 Å². The summed E-state index contributed by atoms with van der Waals surface area (Å²) in [6.07, 6.45) is 6.37. The number of methoxy groups -OCH3 is 1. The minimum Gasteiger partial charge on any atom is -0.497 e. The van der Waals surface area contributed by atoms with E-state index in [1.807, 2.05) is 6.92 Å². The van der Waals surface area contributed by atoms with Crippen molar-refractivity contribution in [2.75, 3.05) is 13.7 Å². The van der Waals surface area contributed by atoms with Crippen molar-refractivity contribution < 1.29 is 13.9 Å². The van der Waals surface area contributed by atoms with Gasteiger partial charge in [-0.1, -0.05) is 31.7 Å². The maximum absolute atomic E-state index is 14.3. The van der Waals surface area contributed by atoms with Gasteiger partial charge < -0.3 is 15.2 Å². The molecule has 118 valence electrons. The number of hydrogen-bond donors (Lipinski definition) is 1. The number of nitrogens with two attached hydrogens (primary N) is 1. The molecule has 1 fully saturated rings. The standard InChI is InChI=1S/C17H26FNO2/c1-3-21-17(10-6-4-5-7-11-17)16(19)14-9-8-13(20-2)12-15(14)18/h8-9,12,16H,3-7,10-11,19H2,1-2H3. The quantitative estimate of drug-likeness (QED) is 0.836. The van der Waals surface area contributed by atoms with Gasteiger partial charge in [-0.2, -0.15) is 0 Å². The van der Waals surface area contributed by atoms with Crippen molar-refractivity contribution in [1.82, 2.24) is 0 Å². The van der Waals surface area contributed by atoms with Crippen LogP contribution in [0.2, 0.25) is 0 Å². The first-order chi connectivity index (χ1) is 10.1. The Hall–Kier alpha value is -1.13. The lowest BCUT2D eigenvalue weighted by molar-refractivity contribution is -0.0702. The second-order valence-electron chi connectivity index (χ2n) is 5.78. The topological polar surface area (TPSA) is 44.5 Å². The zero-order valence-electron chi connectivity index (χ0n) is 13.0. The molecule has 3 nitrogen and oxygen atoms in total. The molecule has 1 atom stereocenters. The van der Waals surface area contributed by atoms with Gasteiger partial charge in [-0.15, -0.1) is 0 Å². The number of benzene rings is 1. The van der Waals surface area contributed by atoms with Gasteiger partial charge in [0, 0.05) is 18.2 Å². The zero-order valence-corrected chi connectivity index (χ0v) is 13.0. The van der Waals surface area contributed by atoms with Crippen LogP contribution in [0, 0.1) is 5.82 Å². The molecule has 1 aromatic carbocycles. The molecular formula is C17H26FNO2. The highest BCUT2D eigenvalue weighted by Crippen LogP contribution is 2.40. The van der Waals surface area contributed by atoms with E-state index >= 15 is 0 Å². The highest BCUT2D eigenvalue weighted by molar-refractivity contribution is 5.32. The van der Waals surface area contributed by atoms with E-state index in [1.54, 1.807) is 12.1 Å². The van der Waals surface area contributed by atoms with Crippen molar-refractivity contribution in [3.8, 4) is 5.75 Å². The maximum Gasteiger partial charge on any atom is 0.131 e. The summed E-state index contributed by atoms with van der Waals surface area (Å²) in [6, 6.07) is 4.44. The first-order valence-corrected chi connectivity index (χ1v) is 7.86. The van der Waals surface area contributed by atoms with E-state index in [0.717, 1.165) is 25.7 Å². The van der Waals surface area contributed by atoms with Gasteiger partial charge in [0.25, 0.3) is 0 Å². The van der Waals surface area contributed by atoms with Crippen LogP contribution in [-0.2, 0) is 4.74 Å². The first-order valence-electron chi connectivity index (χ1n) is 7.86. The highest BCUT2D eigenvalue weighted by atomic mass is 19.1. The fourth-order valence-corrected chi connectivity index (χ4v) is 3.33. The largest absolute Gasteiger partial charge is 0.497 e. The van der Waals surface area contributed by atoms with Crippen LogP contribution in [0.1, 0.15) is 57.1 Å². The normalized spacial score (nSPS) is 19.8. The van der Waals surface area contributed by atoms with Gasteiger partial charge in [0.15, 0.2) is 0 Å². The Bertz CT molecular complexity index is 456. The van der Waals surface area contributed by atoms with E-state index < -0.39 is 11.6 Å². The van der Waals surface area contributed by atoms with Crippen LogP contribution in [0.4, 0.5) is 4.39 Å². The summed E-state index contributed by atoms with van der Waals surface area (Å²) in [5.41, 5.74) is 6.52. The average Bonchev–Trinajstić information content (AvgIpc) is 2.73. The van der Waals surface area contributed by atoms with Crippen molar-refractivity contribution in [3.63, 3.8) is 0 Å². The summed E-state index contributed by atoms with van der Waals surface area (Å²) in [7, 11) is 1.53. The molecule has 1 aromatic rings. The van der Waals surface area contributed by atoms with Gasteiger partial charge in [-0.05, 0) is 25.8 Å². The monoisotopic (exact) mass is 295 g/mol. The molecule has 0 saturated heterocycles. The smallest absolute Gasteiger partial charge is 0.131 e. The number of ether oxygens (including phenoxy) is 2. The first kappa shape index (κ1) is 16.2. The van der Waals surface area contributed by atoms with Crippen LogP contribution in [0.3, 0.4) is 0 Å². The van der Waals surface area contributed by atoms with Crippen LogP contribution < -0.4 is 10.5 Å². The van der Waals surface area contributed by atoms with Crippen molar-refractivity contribution in [1.29, 1.82) is 0 Å². The van der Waals surface area contributed by atoms with Gasteiger partial charge in [0.2, 0.25) is 0 Å². The molecule has 2 N–H and O–H groups in total. The van der Waals surface area contributed by atoms with Crippen LogP contribution in [0.5, 0.6) is 5.75 Å². The van der Waals surface area contributed by atoms with Gasteiger partial charge in [0.1, 0.15) is 11.6 Å².